The van der Waals surface area contributed by atoms with E-state index in [4.69, 9.17) is 4.42 Å². The summed E-state index contributed by atoms with van der Waals surface area (Å²) in [5.74, 6) is 0. The van der Waals surface area contributed by atoms with Crippen molar-refractivity contribution in [3.05, 3.63) is 75.5 Å². The molecule has 0 spiro atoms. The third-order valence-corrected chi connectivity index (χ3v) is 5.74. The quantitative estimate of drug-likeness (QED) is 0.530. The maximum absolute atomic E-state index is 13.3. The molecule has 3 aromatic rings. The van der Waals surface area contributed by atoms with Gasteiger partial charge in [-0.05, 0) is 53.3 Å². The standard InChI is InChI=1S/C24H23NO2/c1-24(2,3)16-7-8-21-18(13-16)23(26)19-14-17-15(12-22(19)27-21)9-11-25-10-5-4-6-20(17)25/h4-8,12-14H,9-11H2,1-3H3. The van der Waals surface area contributed by atoms with Gasteiger partial charge in [-0.15, -0.1) is 0 Å². The van der Waals surface area contributed by atoms with Gasteiger partial charge in [0.05, 0.1) is 10.8 Å². The van der Waals surface area contributed by atoms with Crippen molar-refractivity contribution in [3.63, 3.8) is 0 Å². The molecule has 0 amide bonds. The fourth-order valence-electron chi connectivity index (χ4n) is 4.13. The predicted octanol–water partition coefficient (Wildman–Crippen LogP) is 5.01. The third kappa shape index (κ3) is 2.53. The molecule has 136 valence electrons. The SMILES string of the molecule is CC(C)(C)c1ccc2oc3cc4c(cc3c(=O)c2c1)C1=CC=CCN1CC4. The van der Waals surface area contributed by atoms with Crippen LogP contribution in [0.4, 0.5) is 0 Å². The maximum atomic E-state index is 13.3. The zero-order valence-electron chi connectivity index (χ0n) is 16.0. The van der Waals surface area contributed by atoms with Crippen LogP contribution in [0, 0.1) is 0 Å². The van der Waals surface area contributed by atoms with Gasteiger partial charge >= 0.3 is 0 Å². The lowest BCUT2D eigenvalue weighted by Gasteiger charge is -2.34. The number of fused-ring (bicyclic) bond motifs is 5. The van der Waals surface area contributed by atoms with Crippen LogP contribution in [0.5, 0.6) is 0 Å². The molecule has 5 rings (SSSR count). The highest BCUT2D eigenvalue weighted by atomic mass is 16.3. The van der Waals surface area contributed by atoms with Gasteiger partial charge in [-0.2, -0.15) is 0 Å². The van der Waals surface area contributed by atoms with E-state index in [-0.39, 0.29) is 10.8 Å². The summed E-state index contributed by atoms with van der Waals surface area (Å²) in [6, 6.07) is 10.1. The Labute approximate surface area is 158 Å². The Kier molecular flexibility index (Phi) is 3.39. The lowest BCUT2D eigenvalue weighted by molar-refractivity contribution is 0.426. The maximum Gasteiger partial charge on any atom is 0.200 e. The summed E-state index contributed by atoms with van der Waals surface area (Å²) in [6.07, 6.45) is 7.39. The average molecular weight is 357 g/mol. The molecule has 0 aliphatic carbocycles. The fraction of sp³-hybridized carbons (Fsp3) is 0.292. The van der Waals surface area contributed by atoms with Crippen molar-refractivity contribution >= 4 is 27.6 Å². The first-order valence-corrected chi connectivity index (χ1v) is 9.58. The predicted molar refractivity (Wildman–Crippen MR) is 111 cm³/mol. The van der Waals surface area contributed by atoms with Crippen LogP contribution in [0.3, 0.4) is 0 Å². The normalized spacial score (nSPS) is 16.4. The van der Waals surface area contributed by atoms with E-state index in [1.807, 2.05) is 18.2 Å². The summed E-state index contributed by atoms with van der Waals surface area (Å²) in [5.41, 5.74) is 6.18. The average Bonchev–Trinajstić information content (AvgIpc) is 2.66. The zero-order chi connectivity index (χ0) is 18.8. The topological polar surface area (TPSA) is 33.5 Å². The number of rotatable bonds is 0. The molecular weight excluding hydrogens is 334 g/mol. The van der Waals surface area contributed by atoms with Gasteiger partial charge in [0, 0.05) is 24.4 Å². The highest BCUT2D eigenvalue weighted by Crippen LogP contribution is 2.34. The monoisotopic (exact) mass is 357 g/mol. The van der Waals surface area contributed by atoms with Crippen molar-refractivity contribution in [2.75, 3.05) is 13.1 Å². The van der Waals surface area contributed by atoms with E-state index in [2.05, 4.69) is 56.0 Å². The van der Waals surface area contributed by atoms with Gasteiger partial charge < -0.3 is 9.32 Å². The summed E-state index contributed by atoms with van der Waals surface area (Å²) in [6.45, 7) is 8.41. The van der Waals surface area contributed by atoms with Gasteiger partial charge in [0.2, 0.25) is 5.43 Å². The van der Waals surface area contributed by atoms with Crippen LogP contribution >= 0.6 is 0 Å². The molecule has 27 heavy (non-hydrogen) atoms. The number of benzene rings is 2. The molecule has 0 saturated carbocycles. The van der Waals surface area contributed by atoms with Crippen LogP contribution in [0.25, 0.3) is 27.6 Å². The number of hydrogen-bond acceptors (Lipinski definition) is 3. The minimum absolute atomic E-state index is 0.00875. The molecule has 0 N–H and O–H groups in total. The van der Waals surface area contributed by atoms with Crippen molar-refractivity contribution < 1.29 is 4.42 Å². The van der Waals surface area contributed by atoms with Gasteiger partial charge in [0.15, 0.2) is 0 Å². The van der Waals surface area contributed by atoms with Gasteiger partial charge in [-0.1, -0.05) is 39.0 Å². The lowest BCUT2D eigenvalue weighted by atomic mass is 9.86. The molecule has 3 heterocycles. The summed E-state index contributed by atoms with van der Waals surface area (Å²) in [4.78, 5) is 15.7. The van der Waals surface area contributed by atoms with Crippen LogP contribution in [0.15, 0.2) is 57.8 Å². The summed E-state index contributed by atoms with van der Waals surface area (Å²) in [5, 5.41) is 1.34. The summed E-state index contributed by atoms with van der Waals surface area (Å²) < 4.78 is 6.15. The highest BCUT2D eigenvalue weighted by Gasteiger charge is 2.23. The smallest absolute Gasteiger partial charge is 0.200 e. The molecule has 3 heteroatoms. The number of allylic oxidation sites excluding steroid dienone is 2. The van der Waals surface area contributed by atoms with Crippen LogP contribution in [0.1, 0.15) is 37.5 Å². The van der Waals surface area contributed by atoms with Crippen molar-refractivity contribution in [1.29, 1.82) is 0 Å². The second-order valence-corrected chi connectivity index (χ2v) is 8.57. The Morgan fingerprint density at radius 3 is 2.67 bits per heavy atom. The van der Waals surface area contributed by atoms with Crippen LogP contribution in [-0.2, 0) is 11.8 Å². The van der Waals surface area contributed by atoms with E-state index in [0.29, 0.717) is 21.9 Å². The second-order valence-electron chi connectivity index (χ2n) is 8.57. The largest absolute Gasteiger partial charge is 0.456 e. The van der Waals surface area contributed by atoms with Crippen LogP contribution in [0.2, 0.25) is 0 Å². The van der Waals surface area contributed by atoms with Gasteiger partial charge in [-0.25, -0.2) is 0 Å². The highest BCUT2D eigenvalue weighted by molar-refractivity contribution is 5.92. The molecule has 2 aromatic carbocycles. The molecule has 0 saturated heterocycles. The molecule has 0 unspecified atom stereocenters. The molecule has 3 nitrogen and oxygen atoms in total. The summed E-state index contributed by atoms with van der Waals surface area (Å²) >= 11 is 0. The van der Waals surface area contributed by atoms with Crippen molar-refractivity contribution in [2.45, 2.75) is 32.6 Å². The first kappa shape index (κ1) is 16.4. The Bertz CT molecular complexity index is 1200. The third-order valence-electron chi connectivity index (χ3n) is 5.74. The Hall–Kier alpha value is -2.81. The molecule has 0 radical (unpaired) electrons. The number of nitrogens with zero attached hydrogens (tertiary/aromatic N) is 1. The first-order chi connectivity index (χ1) is 12.9. The lowest BCUT2D eigenvalue weighted by Crippen LogP contribution is -2.31. The van der Waals surface area contributed by atoms with Crippen LogP contribution in [-0.4, -0.2) is 18.0 Å². The molecule has 1 aromatic heterocycles. The van der Waals surface area contributed by atoms with Crippen LogP contribution < -0.4 is 5.43 Å². The molecule has 0 atom stereocenters. The van der Waals surface area contributed by atoms with E-state index < -0.39 is 0 Å². The Morgan fingerprint density at radius 1 is 1.04 bits per heavy atom. The van der Waals surface area contributed by atoms with Crippen molar-refractivity contribution in [1.82, 2.24) is 4.90 Å². The van der Waals surface area contributed by atoms with E-state index >= 15 is 0 Å². The molecule has 2 aliphatic rings. The second kappa shape index (κ2) is 5.59. The Balaban J connectivity index is 1.80. The number of hydrogen-bond donors (Lipinski definition) is 0. The van der Waals surface area contributed by atoms with E-state index in [1.54, 1.807) is 0 Å². The van der Waals surface area contributed by atoms with E-state index in [1.165, 1.54) is 11.3 Å². The van der Waals surface area contributed by atoms with Gasteiger partial charge in [-0.3, -0.25) is 4.79 Å². The minimum Gasteiger partial charge on any atom is -0.456 e. The van der Waals surface area contributed by atoms with Crippen molar-refractivity contribution in [2.24, 2.45) is 0 Å². The minimum atomic E-state index is -0.00875. The zero-order valence-corrected chi connectivity index (χ0v) is 16.0. The molecular formula is C24H23NO2. The molecule has 0 bridgehead atoms. The Morgan fingerprint density at radius 2 is 1.85 bits per heavy atom. The first-order valence-electron chi connectivity index (χ1n) is 9.58. The van der Waals surface area contributed by atoms with Gasteiger partial charge in [0.1, 0.15) is 11.2 Å². The van der Waals surface area contributed by atoms with E-state index in [9.17, 15) is 4.79 Å². The fourth-order valence-corrected chi connectivity index (χ4v) is 4.13. The van der Waals surface area contributed by atoms with E-state index in [0.717, 1.165) is 30.6 Å². The van der Waals surface area contributed by atoms with Gasteiger partial charge in [0.25, 0.3) is 0 Å². The summed E-state index contributed by atoms with van der Waals surface area (Å²) in [7, 11) is 0. The molecule has 2 aliphatic heterocycles. The van der Waals surface area contributed by atoms with Crippen molar-refractivity contribution in [3.8, 4) is 0 Å². The molecule has 0 fully saturated rings.